The van der Waals surface area contributed by atoms with E-state index < -0.39 is 0 Å². The molecular formula is C21H16FN3O. The first kappa shape index (κ1) is 16.1. The molecule has 1 aliphatic rings. The van der Waals surface area contributed by atoms with Crippen LogP contribution in [-0.2, 0) is 13.6 Å². The third-order valence-corrected chi connectivity index (χ3v) is 4.85. The van der Waals surface area contributed by atoms with Crippen molar-refractivity contribution in [2.75, 3.05) is 6.54 Å². The van der Waals surface area contributed by atoms with E-state index in [-0.39, 0.29) is 18.3 Å². The van der Waals surface area contributed by atoms with Crippen molar-refractivity contribution in [3.05, 3.63) is 71.7 Å². The Labute approximate surface area is 150 Å². The lowest BCUT2D eigenvalue weighted by molar-refractivity contribution is 0.0794. The molecule has 1 aliphatic heterocycles. The predicted molar refractivity (Wildman–Crippen MR) is 97.8 cm³/mol. The molecule has 0 atom stereocenters. The predicted octanol–water partition coefficient (Wildman–Crippen LogP) is 4.02. The molecular weight excluding hydrogens is 329 g/mol. The van der Waals surface area contributed by atoms with Gasteiger partial charge in [0.15, 0.2) is 0 Å². The average molecular weight is 345 g/mol. The number of carbonyl (C=O) groups is 1. The molecule has 3 aromatic rings. The number of hydrogen-bond acceptors (Lipinski definition) is 2. The Morgan fingerprint density at radius 3 is 2.85 bits per heavy atom. The monoisotopic (exact) mass is 345 g/mol. The Balaban J connectivity index is 1.82. The highest BCUT2D eigenvalue weighted by molar-refractivity contribution is 6.01. The molecule has 1 amide bonds. The van der Waals surface area contributed by atoms with Crippen LogP contribution in [0.1, 0.15) is 15.9 Å². The Morgan fingerprint density at radius 1 is 1.31 bits per heavy atom. The number of aryl methyl sites for hydroxylation is 1. The number of amides is 1. The van der Waals surface area contributed by atoms with E-state index in [0.29, 0.717) is 23.1 Å². The summed E-state index contributed by atoms with van der Waals surface area (Å²) >= 11 is 0. The van der Waals surface area contributed by atoms with Crippen LogP contribution >= 0.6 is 0 Å². The standard InChI is InChI=1S/C21H16FN3O/c1-13(10-23)11-25-12-18-15(4-3-5-16(18)21(25)26)14-8-19(22)17-6-7-24(2)20(17)9-14/h3-9H,1,11-12H2,2H3. The van der Waals surface area contributed by atoms with Crippen molar-refractivity contribution in [3.63, 3.8) is 0 Å². The lowest BCUT2D eigenvalue weighted by Crippen LogP contribution is -2.25. The van der Waals surface area contributed by atoms with Gasteiger partial charge in [0.1, 0.15) is 5.82 Å². The van der Waals surface area contributed by atoms with Gasteiger partial charge in [-0.3, -0.25) is 4.79 Å². The molecule has 128 valence electrons. The lowest BCUT2D eigenvalue weighted by Gasteiger charge is -2.14. The number of fused-ring (bicyclic) bond motifs is 2. The van der Waals surface area contributed by atoms with E-state index in [1.807, 2.05) is 42.1 Å². The second kappa shape index (κ2) is 5.85. The van der Waals surface area contributed by atoms with Gasteiger partial charge in [-0.1, -0.05) is 18.7 Å². The van der Waals surface area contributed by atoms with Gasteiger partial charge in [0.2, 0.25) is 0 Å². The van der Waals surface area contributed by atoms with Crippen LogP contribution in [-0.4, -0.2) is 21.9 Å². The fourth-order valence-corrected chi connectivity index (χ4v) is 3.54. The summed E-state index contributed by atoms with van der Waals surface area (Å²) < 4.78 is 16.4. The summed E-state index contributed by atoms with van der Waals surface area (Å²) in [5, 5.41) is 9.51. The van der Waals surface area contributed by atoms with Gasteiger partial charge < -0.3 is 9.47 Å². The SMILES string of the molecule is C=C(C#N)CN1Cc2c(cccc2-c2cc(F)c3ccn(C)c3c2)C1=O. The van der Waals surface area contributed by atoms with E-state index in [1.165, 1.54) is 6.07 Å². The third-order valence-electron chi connectivity index (χ3n) is 4.85. The number of rotatable bonds is 3. The number of hydrogen-bond donors (Lipinski definition) is 0. The fraction of sp³-hybridized carbons (Fsp3) is 0.143. The highest BCUT2D eigenvalue weighted by Crippen LogP contribution is 2.35. The molecule has 1 aromatic heterocycles. The summed E-state index contributed by atoms with van der Waals surface area (Å²) in [6.07, 6.45) is 1.83. The molecule has 0 bridgehead atoms. The maximum Gasteiger partial charge on any atom is 0.254 e. The minimum atomic E-state index is -0.283. The largest absolute Gasteiger partial charge is 0.350 e. The normalized spacial score (nSPS) is 13.1. The van der Waals surface area contributed by atoms with Gasteiger partial charge in [-0.15, -0.1) is 0 Å². The fourth-order valence-electron chi connectivity index (χ4n) is 3.54. The Morgan fingerprint density at radius 2 is 2.08 bits per heavy atom. The molecule has 0 spiro atoms. The van der Waals surface area contributed by atoms with Crippen LogP contribution in [0.4, 0.5) is 4.39 Å². The van der Waals surface area contributed by atoms with Gasteiger partial charge in [0.05, 0.1) is 18.1 Å². The number of halogens is 1. The Bertz CT molecular complexity index is 1120. The minimum Gasteiger partial charge on any atom is -0.350 e. The summed E-state index contributed by atoms with van der Waals surface area (Å²) in [7, 11) is 1.87. The van der Waals surface area contributed by atoms with Crippen LogP contribution in [0.15, 0.2) is 54.7 Å². The van der Waals surface area contributed by atoms with E-state index >= 15 is 0 Å². The number of aromatic nitrogens is 1. The first-order valence-corrected chi connectivity index (χ1v) is 8.23. The van der Waals surface area contributed by atoms with Gasteiger partial charge in [-0.05, 0) is 41.0 Å². The van der Waals surface area contributed by atoms with Crippen LogP contribution < -0.4 is 0 Å². The minimum absolute atomic E-state index is 0.126. The summed E-state index contributed by atoms with van der Waals surface area (Å²) in [5.74, 6) is -0.409. The van der Waals surface area contributed by atoms with Gasteiger partial charge in [0.25, 0.3) is 5.91 Å². The molecule has 0 N–H and O–H groups in total. The Hall–Kier alpha value is -3.39. The third kappa shape index (κ3) is 2.39. The van der Waals surface area contributed by atoms with E-state index in [9.17, 15) is 9.18 Å². The van der Waals surface area contributed by atoms with Crippen molar-refractivity contribution in [1.29, 1.82) is 5.26 Å². The lowest BCUT2D eigenvalue weighted by atomic mass is 9.96. The Kier molecular flexibility index (Phi) is 3.62. The topological polar surface area (TPSA) is 49.0 Å². The van der Waals surface area contributed by atoms with Crippen LogP contribution in [0.3, 0.4) is 0 Å². The van der Waals surface area contributed by atoms with Crippen molar-refractivity contribution in [1.82, 2.24) is 9.47 Å². The highest BCUT2D eigenvalue weighted by atomic mass is 19.1. The van der Waals surface area contributed by atoms with E-state index in [0.717, 1.165) is 22.2 Å². The van der Waals surface area contributed by atoms with Crippen molar-refractivity contribution in [3.8, 4) is 17.2 Å². The first-order valence-electron chi connectivity index (χ1n) is 8.23. The molecule has 2 aromatic carbocycles. The van der Waals surface area contributed by atoms with Gasteiger partial charge in [0, 0.05) is 36.3 Å². The zero-order chi connectivity index (χ0) is 18.4. The molecule has 2 heterocycles. The van der Waals surface area contributed by atoms with Crippen LogP contribution in [0.2, 0.25) is 0 Å². The maximum atomic E-state index is 14.5. The number of nitrogens with zero attached hydrogens (tertiary/aromatic N) is 3. The van der Waals surface area contributed by atoms with Gasteiger partial charge >= 0.3 is 0 Å². The highest BCUT2D eigenvalue weighted by Gasteiger charge is 2.29. The number of benzene rings is 2. The molecule has 0 unspecified atom stereocenters. The summed E-state index contributed by atoms with van der Waals surface area (Å²) in [5.41, 5.74) is 4.17. The molecule has 26 heavy (non-hydrogen) atoms. The van der Waals surface area contributed by atoms with Gasteiger partial charge in [-0.2, -0.15) is 5.26 Å². The van der Waals surface area contributed by atoms with Crippen LogP contribution in [0, 0.1) is 17.1 Å². The zero-order valence-electron chi connectivity index (χ0n) is 14.3. The van der Waals surface area contributed by atoms with Crippen molar-refractivity contribution >= 4 is 16.8 Å². The molecule has 0 aliphatic carbocycles. The number of nitriles is 1. The summed E-state index contributed by atoms with van der Waals surface area (Å²) in [4.78, 5) is 14.2. The smallest absolute Gasteiger partial charge is 0.254 e. The number of carbonyl (C=O) groups excluding carboxylic acids is 1. The molecule has 5 heteroatoms. The van der Waals surface area contributed by atoms with E-state index in [4.69, 9.17) is 5.26 Å². The summed E-state index contributed by atoms with van der Waals surface area (Å²) in [6, 6.07) is 12.7. The molecule has 0 saturated heterocycles. The van der Waals surface area contributed by atoms with Crippen LogP contribution in [0.25, 0.3) is 22.0 Å². The molecule has 0 saturated carbocycles. The van der Waals surface area contributed by atoms with Crippen LogP contribution in [0.5, 0.6) is 0 Å². The molecule has 0 radical (unpaired) electrons. The van der Waals surface area contributed by atoms with Crippen molar-refractivity contribution in [2.45, 2.75) is 6.54 Å². The van der Waals surface area contributed by atoms with Gasteiger partial charge in [-0.25, -0.2) is 4.39 Å². The second-order valence-electron chi connectivity index (χ2n) is 6.53. The van der Waals surface area contributed by atoms with Crippen molar-refractivity contribution < 1.29 is 9.18 Å². The second-order valence-corrected chi connectivity index (χ2v) is 6.53. The van der Waals surface area contributed by atoms with E-state index in [2.05, 4.69) is 6.58 Å². The van der Waals surface area contributed by atoms with Crippen molar-refractivity contribution in [2.24, 2.45) is 7.05 Å². The first-order chi connectivity index (χ1) is 12.5. The average Bonchev–Trinajstić information content (AvgIpc) is 3.16. The molecule has 4 nitrogen and oxygen atoms in total. The maximum absolute atomic E-state index is 14.5. The zero-order valence-corrected chi connectivity index (χ0v) is 14.3. The molecule has 0 fully saturated rings. The summed E-state index contributed by atoms with van der Waals surface area (Å²) in [6.45, 7) is 4.25. The quantitative estimate of drug-likeness (QED) is 0.673. The molecule has 4 rings (SSSR count). The van der Waals surface area contributed by atoms with E-state index in [1.54, 1.807) is 17.0 Å².